The van der Waals surface area contributed by atoms with Gasteiger partial charge in [0.2, 0.25) is 17.7 Å². The highest BCUT2D eigenvalue weighted by atomic mass is 16.4. The molecule has 0 aliphatic heterocycles. The molecule has 0 radical (unpaired) electrons. The van der Waals surface area contributed by atoms with Crippen LogP contribution in [0.5, 0.6) is 0 Å². The number of hydrogen-bond acceptors (Lipinski definition) is 6. The zero-order valence-electron chi connectivity index (χ0n) is 16.3. The van der Waals surface area contributed by atoms with Crippen LogP contribution in [0.3, 0.4) is 0 Å². The number of rotatable bonds is 12. The molecule has 10 nitrogen and oxygen atoms in total. The first-order valence-electron chi connectivity index (χ1n) is 9.05. The lowest BCUT2D eigenvalue weighted by atomic mass is 9.99. The fourth-order valence-corrected chi connectivity index (χ4v) is 2.17. The number of carboxylic acids is 1. The van der Waals surface area contributed by atoms with E-state index < -0.39 is 55.0 Å². The fraction of sp³-hybridized carbons (Fsp3) is 0.765. The van der Waals surface area contributed by atoms with Crippen LogP contribution in [0.15, 0.2) is 0 Å². The summed E-state index contributed by atoms with van der Waals surface area (Å²) in [7, 11) is 0. The van der Waals surface area contributed by atoms with Gasteiger partial charge >= 0.3 is 5.97 Å². The van der Waals surface area contributed by atoms with E-state index in [1.165, 1.54) is 0 Å². The summed E-state index contributed by atoms with van der Waals surface area (Å²) in [4.78, 5) is 47.2. The van der Waals surface area contributed by atoms with E-state index >= 15 is 0 Å². The second-order valence-electron chi connectivity index (χ2n) is 6.64. The molecule has 0 spiro atoms. The molecule has 0 fully saturated rings. The first-order valence-corrected chi connectivity index (χ1v) is 9.05. The van der Waals surface area contributed by atoms with Crippen LogP contribution >= 0.6 is 0 Å². The Morgan fingerprint density at radius 3 is 1.96 bits per heavy atom. The van der Waals surface area contributed by atoms with Gasteiger partial charge in [-0.25, -0.2) is 4.79 Å². The van der Waals surface area contributed by atoms with E-state index in [1.807, 2.05) is 13.8 Å². The van der Waals surface area contributed by atoms with E-state index in [9.17, 15) is 29.4 Å². The molecule has 0 saturated carbocycles. The highest BCUT2D eigenvalue weighted by molar-refractivity contribution is 5.92. The Morgan fingerprint density at radius 1 is 0.963 bits per heavy atom. The van der Waals surface area contributed by atoms with E-state index in [1.54, 1.807) is 13.8 Å². The van der Waals surface area contributed by atoms with Crippen molar-refractivity contribution in [2.24, 2.45) is 17.6 Å². The predicted octanol–water partition coefficient (Wildman–Crippen LogP) is -1.43. The van der Waals surface area contributed by atoms with Crippen LogP contribution < -0.4 is 21.7 Å². The zero-order chi connectivity index (χ0) is 21.1. The summed E-state index contributed by atoms with van der Waals surface area (Å²) in [5, 5.41) is 25.5. The Bertz CT molecular complexity index is 528. The number of aliphatic hydroxyl groups excluding tert-OH is 1. The molecule has 0 heterocycles. The van der Waals surface area contributed by atoms with Gasteiger partial charge in [0.25, 0.3) is 0 Å². The second-order valence-corrected chi connectivity index (χ2v) is 6.64. The van der Waals surface area contributed by atoms with Crippen molar-refractivity contribution in [1.82, 2.24) is 16.0 Å². The van der Waals surface area contributed by atoms with Crippen LogP contribution in [-0.4, -0.2) is 65.2 Å². The maximum absolute atomic E-state index is 12.2. The Labute approximate surface area is 159 Å². The van der Waals surface area contributed by atoms with Crippen LogP contribution in [0.4, 0.5) is 0 Å². The summed E-state index contributed by atoms with van der Waals surface area (Å²) in [5.74, 6) is -3.61. The molecule has 5 atom stereocenters. The lowest BCUT2D eigenvalue weighted by Crippen LogP contribution is -2.56. The van der Waals surface area contributed by atoms with E-state index in [0.717, 1.165) is 0 Å². The SMILES string of the molecule is CCC(C)C(N)C(=O)NCC(=O)NC(CO)C(=O)NC(C(=O)O)C(C)CC. The molecule has 3 amide bonds. The number of carbonyl (C=O) groups excluding carboxylic acids is 3. The molecule has 0 aromatic rings. The van der Waals surface area contributed by atoms with Crippen molar-refractivity contribution in [3.63, 3.8) is 0 Å². The summed E-state index contributed by atoms with van der Waals surface area (Å²) >= 11 is 0. The van der Waals surface area contributed by atoms with Gasteiger partial charge in [-0.1, -0.05) is 40.5 Å². The molecule has 10 heteroatoms. The van der Waals surface area contributed by atoms with E-state index in [2.05, 4.69) is 16.0 Å². The summed E-state index contributed by atoms with van der Waals surface area (Å²) in [6, 6.07) is -3.23. The van der Waals surface area contributed by atoms with Gasteiger partial charge in [0, 0.05) is 0 Å². The molecule has 0 aliphatic carbocycles. The lowest BCUT2D eigenvalue weighted by Gasteiger charge is -2.23. The molecule has 7 N–H and O–H groups in total. The van der Waals surface area contributed by atoms with Crippen molar-refractivity contribution >= 4 is 23.7 Å². The normalized spacial score (nSPS) is 16.4. The predicted molar refractivity (Wildman–Crippen MR) is 98.5 cm³/mol. The molecule has 27 heavy (non-hydrogen) atoms. The van der Waals surface area contributed by atoms with E-state index in [0.29, 0.717) is 12.8 Å². The average Bonchev–Trinajstić information content (AvgIpc) is 2.65. The third-order valence-corrected chi connectivity index (χ3v) is 4.59. The van der Waals surface area contributed by atoms with Gasteiger partial charge in [-0.2, -0.15) is 0 Å². The molecular formula is C17H32N4O6. The van der Waals surface area contributed by atoms with Crippen LogP contribution in [0.2, 0.25) is 0 Å². The third kappa shape index (κ3) is 8.35. The fourth-order valence-electron chi connectivity index (χ4n) is 2.17. The Hall–Kier alpha value is -2.20. The highest BCUT2D eigenvalue weighted by Gasteiger charge is 2.29. The molecular weight excluding hydrogens is 356 g/mol. The molecule has 156 valence electrons. The van der Waals surface area contributed by atoms with Crippen molar-refractivity contribution in [3.05, 3.63) is 0 Å². The minimum absolute atomic E-state index is 0.0578. The maximum Gasteiger partial charge on any atom is 0.326 e. The largest absolute Gasteiger partial charge is 0.480 e. The Morgan fingerprint density at radius 2 is 1.52 bits per heavy atom. The monoisotopic (exact) mass is 388 g/mol. The number of nitrogens with two attached hydrogens (primary N) is 1. The number of hydrogen-bond donors (Lipinski definition) is 6. The van der Waals surface area contributed by atoms with E-state index in [-0.39, 0.29) is 11.8 Å². The average molecular weight is 388 g/mol. The maximum atomic E-state index is 12.2. The highest BCUT2D eigenvalue weighted by Crippen LogP contribution is 2.08. The van der Waals surface area contributed by atoms with Crippen LogP contribution in [-0.2, 0) is 19.2 Å². The second kappa shape index (κ2) is 12.2. The number of amides is 3. The zero-order valence-corrected chi connectivity index (χ0v) is 16.3. The molecule has 0 aliphatic rings. The van der Waals surface area contributed by atoms with Crippen LogP contribution in [0, 0.1) is 11.8 Å². The van der Waals surface area contributed by atoms with Gasteiger partial charge in [-0.3, -0.25) is 14.4 Å². The van der Waals surface area contributed by atoms with Crippen molar-refractivity contribution in [2.45, 2.75) is 58.7 Å². The minimum Gasteiger partial charge on any atom is -0.480 e. The standard InChI is InChI=1S/C17H32N4O6/c1-5-9(3)13(18)16(25)19-7-12(23)20-11(8-22)15(24)21-14(17(26)27)10(4)6-2/h9-11,13-14,22H,5-8,18H2,1-4H3,(H,19,25)(H,20,23)(H,21,24)(H,26,27). The first kappa shape index (κ1) is 24.8. The van der Waals surface area contributed by atoms with Crippen molar-refractivity contribution < 1.29 is 29.4 Å². The van der Waals surface area contributed by atoms with Crippen LogP contribution in [0.1, 0.15) is 40.5 Å². The summed E-state index contributed by atoms with van der Waals surface area (Å²) in [6.07, 6.45) is 1.23. The first-order chi connectivity index (χ1) is 12.6. The molecule has 0 bridgehead atoms. The van der Waals surface area contributed by atoms with Gasteiger partial charge in [-0.05, 0) is 11.8 Å². The molecule has 0 aromatic carbocycles. The van der Waals surface area contributed by atoms with Crippen molar-refractivity contribution in [2.75, 3.05) is 13.2 Å². The molecule has 5 unspecified atom stereocenters. The molecule has 0 aromatic heterocycles. The van der Waals surface area contributed by atoms with Gasteiger partial charge in [-0.15, -0.1) is 0 Å². The topological polar surface area (TPSA) is 171 Å². The van der Waals surface area contributed by atoms with Gasteiger partial charge in [0.05, 0.1) is 19.2 Å². The van der Waals surface area contributed by atoms with Crippen molar-refractivity contribution in [1.29, 1.82) is 0 Å². The molecule has 0 rings (SSSR count). The number of nitrogens with one attached hydrogen (secondary N) is 3. The minimum atomic E-state index is -1.33. The number of carboxylic acid groups (broad SMARTS) is 1. The van der Waals surface area contributed by atoms with Gasteiger partial charge < -0.3 is 31.9 Å². The van der Waals surface area contributed by atoms with Crippen molar-refractivity contribution in [3.8, 4) is 0 Å². The third-order valence-electron chi connectivity index (χ3n) is 4.59. The lowest BCUT2D eigenvalue weighted by molar-refractivity contribution is -0.144. The van der Waals surface area contributed by atoms with Crippen LogP contribution in [0.25, 0.3) is 0 Å². The Kier molecular flexibility index (Phi) is 11.2. The Balaban J connectivity index is 4.69. The smallest absolute Gasteiger partial charge is 0.326 e. The quantitative estimate of drug-likeness (QED) is 0.238. The summed E-state index contributed by atoms with van der Waals surface area (Å²) < 4.78 is 0. The van der Waals surface area contributed by atoms with Gasteiger partial charge in [0.15, 0.2) is 0 Å². The number of carbonyl (C=O) groups is 4. The number of aliphatic carboxylic acids is 1. The van der Waals surface area contributed by atoms with Gasteiger partial charge in [0.1, 0.15) is 12.1 Å². The van der Waals surface area contributed by atoms with E-state index in [4.69, 9.17) is 5.73 Å². The summed E-state index contributed by atoms with van der Waals surface area (Å²) in [5.41, 5.74) is 5.75. The molecule has 0 saturated heterocycles. The summed E-state index contributed by atoms with van der Waals surface area (Å²) in [6.45, 7) is 6.02. The number of aliphatic hydroxyl groups is 1.